The van der Waals surface area contributed by atoms with E-state index < -0.39 is 17.9 Å². The number of primary amides is 1. The van der Waals surface area contributed by atoms with Gasteiger partial charge in [-0.1, -0.05) is 6.42 Å². The Morgan fingerprint density at radius 2 is 2.33 bits per heavy atom. The summed E-state index contributed by atoms with van der Waals surface area (Å²) in [7, 11) is 0. The van der Waals surface area contributed by atoms with E-state index in [1.165, 1.54) is 11.3 Å². The maximum atomic E-state index is 12.2. The zero-order valence-electron chi connectivity index (χ0n) is 12.9. The number of nitrogens with one attached hydrogen (secondary N) is 2. The van der Waals surface area contributed by atoms with Crippen LogP contribution in [0.1, 0.15) is 60.0 Å². The number of hydrogen-bond acceptors (Lipinski definition) is 8. The van der Waals surface area contributed by atoms with Crippen molar-refractivity contribution in [3.63, 3.8) is 0 Å². The number of amides is 2. The minimum absolute atomic E-state index is 0.00321. The van der Waals surface area contributed by atoms with E-state index in [0.717, 1.165) is 25.8 Å². The van der Waals surface area contributed by atoms with Crippen molar-refractivity contribution in [2.75, 3.05) is 6.54 Å². The Kier molecular flexibility index (Phi) is 5.16. The van der Waals surface area contributed by atoms with Crippen LogP contribution in [-0.4, -0.2) is 33.5 Å². The van der Waals surface area contributed by atoms with Gasteiger partial charge in [0.05, 0.1) is 18.0 Å². The Hall–Kier alpha value is -2.33. The molecule has 0 bridgehead atoms. The Morgan fingerprint density at radius 3 is 3.00 bits per heavy atom. The molecular formula is C14H18N6O3S. The third kappa shape index (κ3) is 3.95. The van der Waals surface area contributed by atoms with E-state index >= 15 is 0 Å². The average molecular weight is 350 g/mol. The first kappa shape index (κ1) is 16.5. The first-order chi connectivity index (χ1) is 11.6. The van der Waals surface area contributed by atoms with Crippen LogP contribution in [0.4, 0.5) is 0 Å². The molecule has 1 fully saturated rings. The van der Waals surface area contributed by atoms with Gasteiger partial charge < -0.3 is 20.8 Å². The quantitative estimate of drug-likeness (QED) is 0.697. The summed E-state index contributed by atoms with van der Waals surface area (Å²) in [6, 6.07) is -0.773. The maximum Gasteiger partial charge on any atom is 0.271 e. The van der Waals surface area contributed by atoms with Gasteiger partial charge in [0.25, 0.3) is 5.91 Å². The molecule has 2 amide bonds. The van der Waals surface area contributed by atoms with Crippen LogP contribution in [0.2, 0.25) is 0 Å². The van der Waals surface area contributed by atoms with Crippen LogP contribution in [0.15, 0.2) is 15.3 Å². The van der Waals surface area contributed by atoms with E-state index in [1.54, 1.807) is 10.9 Å². The lowest BCUT2D eigenvalue weighted by Gasteiger charge is -2.19. The Bertz CT molecular complexity index is 695. The van der Waals surface area contributed by atoms with Crippen LogP contribution in [0.3, 0.4) is 0 Å². The molecule has 3 rings (SSSR count). The van der Waals surface area contributed by atoms with Crippen LogP contribution in [-0.2, 0) is 4.79 Å². The zero-order chi connectivity index (χ0) is 16.9. The molecule has 10 heteroatoms. The largest absolute Gasteiger partial charge is 0.421 e. The third-order valence-electron chi connectivity index (χ3n) is 3.74. The number of nitrogens with zero attached hydrogens (tertiary/aromatic N) is 3. The first-order valence-electron chi connectivity index (χ1n) is 7.67. The monoisotopic (exact) mass is 350 g/mol. The fourth-order valence-corrected chi connectivity index (χ4v) is 3.08. The summed E-state index contributed by atoms with van der Waals surface area (Å²) in [5, 5.41) is 15.6. The van der Waals surface area contributed by atoms with Gasteiger partial charge in [-0.2, -0.15) is 0 Å². The predicted octanol–water partition coefficient (Wildman–Crippen LogP) is 0.687. The summed E-state index contributed by atoms with van der Waals surface area (Å²) in [4.78, 5) is 27.4. The molecule has 0 radical (unpaired) electrons. The highest BCUT2D eigenvalue weighted by molar-refractivity contribution is 7.07. The molecule has 128 valence electrons. The highest BCUT2D eigenvalue weighted by Gasteiger charge is 2.27. The second kappa shape index (κ2) is 7.49. The van der Waals surface area contributed by atoms with E-state index in [2.05, 4.69) is 25.8 Å². The van der Waals surface area contributed by atoms with Crippen molar-refractivity contribution in [3.8, 4) is 0 Å². The number of thiazole rings is 1. The lowest BCUT2D eigenvalue weighted by Crippen LogP contribution is -2.32. The van der Waals surface area contributed by atoms with Crippen LogP contribution < -0.4 is 16.4 Å². The summed E-state index contributed by atoms with van der Waals surface area (Å²) in [5.74, 6) is -0.367. The summed E-state index contributed by atoms with van der Waals surface area (Å²) in [6.07, 6.45) is 2.98. The Morgan fingerprint density at radius 1 is 1.46 bits per heavy atom. The molecule has 1 aliphatic rings. The van der Waals surface area contributed by atoms with Crippen molar-refractivity contribution in [3.05, 3.63) is 28.4 Å². The van der Waals surface area contributed by atoms with E-state index in [-0.39, 0.29) is 24.0 Å². The third-order valence-corrected chi connectivity index (χ3v) is 4.32. The van der Waals surface area contributed by atoms with Crippen LogP contribution >= 0.6 is 11.3 Å². The maximum absolute atomic E-state index is 12.2. The molecule has 24 heavy (non-hydrogen) atoms. The number of carbonyl (C=O) groups is 2. The number of piperidine rings is 1. The summed E-state index contributed by atoms with van der Waals surface area (Å²) in [5.41, 5.74) is 7.09. The molecule has 2 aromatic rings. The van der Waals surface area contributed by atoms with E-state index in [4.69, 9.17) is 10.2 Å². The SMILES string of the molecule is NC(=O)CC(NC(=O)c1cscn1)c1nnc([C@H]2CCCCN2)o1. The number of carbonyl (C=O) groups excluding carboxylic acids is 2. The molecule has 1 saturated heterocycles. The lowest BCUT2D eigenvalue weighted by molar-refractivity contribution is -0.118. The molecule has 1 aliphatic heterocycles. The Balaban J connectivity index is 1.74. The normalized spacial score (nSPS) is 18.9. The van der Waals surface area contributed by atoms with Crippen LogP contribution in [0, 0.1) is 0 Å². The molecule has 1 unspecified atom stereocenters. The van der Waals surface area contributed by atoms with Crippen molar-refractivity contribution in [1.82, 2.24) is 25.8 Å². The molecule has 0 saturated carbocycles. The van der Waals surface area contributed by atoms with E-state index in [0.29, 0.717) is 5.89 Å². The van der Waals surface area contributed by atoms with Crippen molar-refractivity contribution < 1.29 is 14.0 Å². The van der Waals surface area contributed by atoms with Crippen molar-refractivity contribution in [2.45, 2.75) is 37.8 Å². The zero-order valence-corrected chi connectivity index (χ0v) is 13.7. The first-order valence-corrected chi connectivity index (χ1v) is 8.62. The summed E-state index contributed by atoms with van der Waals surface area (Å²) in [6.45, 7) is 0.896. The van der Waals surface area contributed by atoms with Gasteiger partial charge in [0.15, 0.2) is 0 Å². The van der Waals surface area contributed by atoms with Gasteiger partial charge in [-0.25, -0.2) is 4.98 Å². The van der Waals surface area contributed by atoms with Crippen LogP contribution in [0.25, 0.3) is 0 Å². The van der Waals surface area contributed by atoms with Gasteiger partial charge in [0.2, 0.25) is 17.7 Å². The average Bonchev–Trinajstić information content (AvgIpc) is 3.26. The molecule has 3 heterocycles. The second-order valence-electron chi connectivity index (χ2n) is 5.55. The molecule has 4 N–H and O–H groups in total. The molecule has 2 atom stereocenters. The fraction of sp³-hybridized carbons (Fsp3) is 0.500. The standard InChI is InChI=1S/C14H18N6O3S/c15-11(21)5-9(18-12(22)10-6-24-7-17-10)14-20-19-13(23-14)8-3-1-2-4-16-8/h6-9,16H,1-5H2,(H2,15,21)(H,18,22)/t8-,9?/m1/s1. The Labute approximate surface area is 142 Å². The molecular weight excluding hydrogens is 332 g/mol. The topological polar surface area (TPSA) is 136 Å². The van der Waals surface area contributed by atoms with Gasteiger partial charge in [0, 0.05) is 5.38 Å². The number of aromatic nitrogens is 3. The van der Waals surface area contributed by atoms with Crippen molar-refractivity contribution in [1.29, 1.82) is 0 Å². The van der Waals surface area contributed by atoms with Gasteiger partial charge in [-0.3, -0.25) is 9.59 Å². The fourth-order valence-electron chi connectivity index (χ4n) is 2.55. The summed E-state index contributed by atoms with van der Waals surface area (Å²) < 4.78 is 5.68. The van der Waals surface area contributed by atoms with Gasteiger partial charge in [-0.15, -0.1) is 21.5 Å². The minimum atomic E-state index is -0.776. The molecule has 0 aromatic carbocycles. The molecule has 2 aromatic heterocycles. The van der Waals surface area contributed by atoms with E-state index in [1.807, 2.05) is 0 Å². The number of rotatable bonds is 6. The minimum Gasteiger partial charge on any atom is -0.421 e. The molecule has 0 aliphatic carbocycles. The predicted molar refractivity (Wildman–Crippen MR) is 85.0 cm³/mol. The molecule has 0 spiro atoms. The highest BCUT2D eigenvalue weighted by Crippen LogP contribution is 2.24. The van der Waals surface area contributed by atoms with Crippen molar-refractivity contribution >= 4 is 23.2 Å². The van der Waals surface area contributed by atoms with Crippen molar-refractivity contribution in [2.24, 2.45) is 5.73 Å². The summed E-state index contributed by atoms with van der Waals surface area (Å²) >= 11 is 1.30. The van der Waals surface area contributed by atoms with E-state index in [9.17, 15) is 9.59 Å². The lowest BCUT2D eigenvalue weighted by atomic mass is 10.1. The molecule has 9 nitrogen and oxygen atoms in total. The van der Waals surface area contributed by atoms with Gasteiger partial charge >= 0.3 is 0 Å². The second-order valence-corrected chi connectivity index (χ2v) is 6.27. The highest BCUT2D eigenvalue weighted by atomic mass is 32.1. The van der Waals surface area contributed by atoms with Gasteiger partial charge in [-0.05, 0) is 19.4 Å². The van der Waals surface area contributed by atoms with Gasteiger partial charge in [0.1, 0.15) is 11.7 Å². The van der Waals surface area contributed by atoms with Crippen LogP contribution in [0.5, 0.6) is 0 Å². The smallest absolute Gasteiger partial charge is 0.271 e. The number of nitrogens with two attached hydrogens (primary N) is 1. The number of hydrogen-bond donors (Lipinski definition) is 3.